The van der Waals surface area contributed by atoms with Crippen molar-refractivity contribution < 1.29 is 4.79 Å². The summed E-state index contributed by atoms with van der Waals surface area (Å²) >= 11 is 6.42. The van der Waals surface area contributed by atoms with E-state index in [-0.39, 0.29) is 16.5 Å². The minimum atomic E-state index is -0.328. The van der Waals surface area contributed by atoms with E-state index in [0.29, 0.717) is 24.3 Å². The monoisotopic (exact) mass is 437 g/mol. The lowest BCUT2D eigenvalue weighted by molar-refractivity contribution is -0.116. The molecule has 7 nitrogen and oxygen atoms in total. The number of benzene rings is 2. The van der Waals surface area contributed by atoms with Crippen LogP contribution < -0.4 is 15.8 Å². The third-order valence-corrected chi connectivity index (χ3v) is 5.68. The lowest BCUT2D eigenvalue weighted by Crippen LogP contribution is -2.47. The number of hydrogen-bond donors (Lipinski definition) is 1. The summed E-state index contributed by atoms with van der Waals surface area (Å²) in [4.78, 5) is 29.2. The molecule has 1 amide bonds. The number of nitrogens with one attached hydrogen (secondary N) is 1. The molecule has 3 aromatic rings. The highest BCUT2D eigenvalue weighted by molar-refractivity contribution is 6.33. The molecule has 1 aliphatic heterocycles. The summed E-state index contributed by atoms with van der Waals surface area (Å²) in [7, 11) is 0. The minimum absolute atomic E-state index is 0.00500. The molecule has 8 heteroatoms. The smallest absolute Gasteiger partial charge is 0.292 e. The average Bonchev–Trinajstić information content (AvgIpc) is 2.81. The summed E-state index contributed by atoms with van der Waals surface area (Å²) in [5.41, 5.74) is 1.81. The third-order valence-electron chi connectivity index (χ3n) is 5.33. The van der Waals surface area contributed by atoms with Crippen molar-refractivity contribution in [1.82, 2.24) is 14.7 Å². The van der Waals surface area contributed by atoms with Gasteiger partial charge in [-0.1, -0.05) is 48.0 Å². The molecule has 2 heterocycles. The van der Waals surface area contributed by atoms with E-state index in [0.717, 1.165) is 31.9 Å². The highest BCUT2D eigenvalue weighted by Crippen LogP contribution is 2.23. The van der Waals surface area contributed by atoms with E-state index in [1.54, 1.807) is 6.20 Å². The highest BCUT2D eigenvalue weighted by Gasteiger charge is 2.22. The van der Waals surface area contributed by atoms with Crippen LogP contribution in [0.5, 0.6) is 0 Å². The molecule has 31 heavy (non-hydrogen) atoms. The number of para-hydroxylation sites is 2. The Hall–Kier alpha value is -3.16. The molecule has 0 bridgehead atoms. The van der Waals surface area contributed by atoms with Gasteiger partial charge >= 0.3 is 0 Å². The number of halogens is 1. The predicted octanol–water partition coefficient (Wildman–Crippen LogP) is 3.04. The van der Waals surface area contributed by atoms with E-state index in [1.807, 2.05) is 60.7 Å². The Bertz CT molecular complexity index is 1080. The molecule has 1 fully saturated rings. The lowest BCUT2D eigenvalue weighted by Gasteiger charge is -2.36. The van der Waals surface area contributed by atoms with Gasteiger partial charge in [0.05, 0.1) is 17.6 Å². The van der Waals surface area contributed by atoms with Gasteiger partial charge in [-0.3, -0.25) is 14.5 Å². The van der Waals surface area contributed by atoms with Gasteiger partial charge in [0.15, 0.2) is 0 Å². The van der Waals surface area contributed by atoms with Crippen molar-refractivity contribution in [3.05, 3.63) is 82.2 Å². The molecule has 1 N–H and O–H groups in total. The van der Waals surface area contributed by atoms with Crippen LogP contribution in [0.15, 0.2) is 71.7 Å². The maximum absolute atomic E-state index is 12.7. The standard InChI is InChI=1S/C23H24ClN5O2/c24-22-20(17-25-29(23(22)31)19-9-5-2-6-10-19)28-15-13-27(14-16-28)12-11-21(30)26-18-7-3-1-4-8-18/h1-10,17H,11-16H2,(H,26,30). The third kappa shape index (κ3) is 5.13. The SMILES string of the molecule is O=C(CCN1CCN(c2cnn(-c3ccccc3)c(=O)c2Cl)CC1)Nc1ccccc1. The van der Waals surface area contributed by atoms with Crippen molar-refractivity contribution in [3.63, 3.8) is 0 Å². The van der Waals surface area contributed by atoms with Crippen LogP contribution in [0.3, 0.4) is 0 Å². The van der Waals surface area contributed by atoms with Crippen LogP contribution in [0.2, 0.25) is 5.02 Å². The topological polar surface area (TPSA) is 70.5 Å². The van der Waals surface area contributed by atoms with Crippen LogP contribution in [0.25, 0.3) is 5.69 Å². The van der Waals surface area contributed by atoms with E-state index in [9.17, 15) is 9.59 Å². The maximum Gasteiger partial charge on any atom is 0.292 e. The molecule has 0 aliphatic carbocycles. The number of carbonyl (C=O) groups is 1. The molecular formula is C23H24ClN5O2. The second-order valence-corrected chi connectivity index (χ2v) is 7.77. The van der Waals surface area contributed by atoms with Crippen molar-refractivity contribution >= 4 is 28.9 Å². The van der Waals surface area contributed by atoms with Gasteiger partial charge in [0.2, 0.25) is 5.91 Å². The van der Waals surface area contributed by atoms with Gasteiger partial charge in [-0.05, 0) is 24.3 Å². The first kappa shape index (κ1) is 21.1. The number of carbonyl (C=O) groups excluding carboxylic acids is 1. The molecule has 1 aromatic heterocycles. The number of anilines is 2. The molecule has 160 valence electrons. The normalized spacial score (nSPS) is 14.4. The number of aromatic nitrogens is 2. The van der Waals surface area contributed by atoms with Gasteiger partial charge in [0.1, 0.15) is 5.02 Å². The van der Waals surface area contributed by atoms with Crippen LogP contribution in [0.1, 0.15) is 6.42 Å². The van der Waals surface area contributed by atoms with Gasteiger partial charge in [0, 0.05) is 44.8 Å². The highest BCUT2D eigenvalue weighted by atomic mass is 35.5. The summed E-state index contributed by atoms with van der Waals surface area (Å²) in [6.07, 6.45) is 2.09. The van der Waals surface area contributed by atoms with E-state index < -0.39 is 0 Å². The first-order valence-corrected chi connectivity index (χ1v) is 10.6. The largest absolute Gasteiger partial charge is 0.366 e. The molecule has 0 unspecified atom stereocenters. The molecule has 0 spiro atoms. The Morgan fingerprint density at radius 2 is 1.61 bits per heavy atom. The van der Waals surface area contributed by atoms with Crippen molar-refractivity contribution in [1.29, 1.82) is 0 Å². The quantitative estimate of drug-likeness (QED) is 0.641. The molecule has 0 radical (unpaired) electrons. The second-order valence-electron chi connectivity index (χ2n) is 7.39. The first-order chi connectivity index (χ1) is 15.1. The molecule has 0 saturated carbocycles. The van der Waals surface area contributed by atoms with Crippen molar-refractivity contribution in [2.45, 2.75) is 6.42 Å². The van der Waals surface area contributed by atoms with Gasteiger partial charge in [0.25, 0.3) is 5.56 Å². The Morgan fingerprint density at radius 1 is 0.968 bits per heavy atom. The number of piperazine rings is 1. The molecule has 1 saturated heterocycles. The van der Waals surface area contributed by atoms with Crippen LogP contribution in [0.4, 0.5) is 11.4 Å². The van der Waals surface area contributed by atoms with Gasteiger partial charge in [-0.15, -0.1) is 0 Å². The summed E-state index contributed by atoms with van der Waals surface area (Å²) in [6.45, 7) is 3.70. The number of amides is 1. The Labute approximate surface area is 185 Å². The van der Waals surface area contributed by atoms with E-state index in [1.165, 1.54) is 4.68 Å². The fourth-order valence-corrected chi connectivity index (χ4v) is 3.86. The number of rotatable bonds is 6. The molecule has 1 aliphatic rings. The first-order valence-electron chi connectivity index (χ1n) is 10.3. The fourth-order valence-electron chi connectivity index (χ4n) is 3.61. The fraction of sp³-hybridized carbons (Fsp3) is 0.261. The summed E-state index contributed by atoms with van der Waals surface area (Å²) in [6, 6.07) is 18.7. The Kier molecular flexibility index (Phi) is 6.64. The van der Waals surface area contributed by atoms with Crippen LogP contribution in [-0.2, 0) is 4.79 Å². The molecule has 4 rings (SSSR count). The molecular weight excluding hydrogens is 414 g/mol. The minimum Gasteiger partial charge on any atom is -0.366 e. The van der Waals surface area contributed by atoms with Crippen LogP contribution in [0, 0.1) is 0 Å². The van der Waals surface area contributed by atoms with E-state index in [4.69, 9.17) is 11.6 Å². The zero-order valence-corrected chi connectivity index (χ0v) is 17.8. The zero-order valence-electron chi connectivity index (χ0n) is 17.1. The van der Waals surface area contributed by atoms with Crippen LogP contribution in [-0.4, -0.2) is 53.3 Å². The van der Waals surface area contributed by atoms with Crippen LogP contribution >= 0.6 is 11.6 Å². The predicted molar refractivity (Wildman–Crippen MR) is 123 cm³/mol. The van der Waals surface area contributed by atoms with Gasteiger partial charge < -0.3 is 10.2 Å². The van der Waals surface area contributed by atoms with Gasteiger partial charge in [-0.25, -0.2) is 0 Å². The Balaban J connectivity index is 1.32. The summed E-state index contributed by atoms with van der Waals surface area (Å²) in [5, 5.41) is 7.40. The number of nitrogens with zero attached hydrogens (tertiary/aromatic N) is 4. The zero-order chi connectivity index (χ0) is 21.6. The summed E-state index contributed by atoms with van der Waals surface area (Å²) in [5.74, 6) is 0.00500. The number of hydrogen-bond acceptors (Lipinski definition) is 5. The van der Waals surface area contributed by atoms with Crippen molar-refractivity contribution in [2.75, 3.05) is 42.9 Å². The van der Waals surface area contributed by atoms with E-state index >= 15 is 0 Å². The lowest BCUT2D eigenvalue weighted by atomic mass is 10.2. The maximum atomic E-state index is 12.7. The molecule has 0 atom stereocenters. The second kappa shape index (κ2) is 9.76. The summed E-state index contributed by atoms with van der Waals surface area (Å²) < 4.78 is 1.31. The van der Waals surface area contributed by atoms with E-state index in [2.05, 4.69) is 20.2 Å². The average molecular weight is 438 g/mol. The molecule has 2 aromatic carbocycles. The Morgan fingerprint density at radius 3 is 2.29 bits per heavy atom. The van der Waals surface area contributed by atoms with Crippen molar-refractivity contribution in [2.24, 2.45) is 0 Å². The van der Waals surface area contributed by atoms with Crippen molar-refractivity contribution in [3.8, 4) is 5.69 Å². The van der Waals surface area contributed by atoms with Gasteiger partial charge in [-0.2, -0.15) is 9.78 Å².